The topological polar surface area (TPSA) is 104 Å². The normalized spacial score (nSPS) is 15.7. The van der Waals surface area contributed by atoms with Gasteiger partial charge in [0.25, 0.3) is 10.1 Å². The van der Waals surface area contributed by atoms with Crippen LogP contribution in [0, 0.1) is 0 Å². The highest BCUT2D eigenvalue weighted by Gasteiger charge is 2.25. The van der Waals surface area contributed by atoms with Crippen LogP contribution in [0.3, 0.4) is 0 Å². The molecule has 0 radical (unpaired) electrons. The molecule has 5 rings (SSSR count). The second-order valence-electron chi connectivity index (χ2n) is 9.81. The lowest BCUT2D eigenvalue weighted by Crippen LogP contribution is -2.20. The molecule has 3 aromatic carbocycles. The average Bonchev–Trinajstić information content (AvgIpc) is 3.46. The average molecular weight is 664 g/mol. The molecule has 7 nitrogen and oxygen atoms in total. The van der Waals surface area contributed by atoms with Crippen molar-refractivity contribution in [2.24, 2.45) is 0 Å². The molecule has 0 amide bonds. The Balaban J connectivity index is 1.54. The number of rotatable bonds is 12. The van der Waals surface area contributed by atoms with E-state index >= 15 is 0 Å². The summed E-state index contributed by atoms with van der Waals surface area (Å²) in [6, 6.07) is 18.2. The third-order valence-corrected chi connectivity index (χ3v) is 10.6. The summed E-state index contributed by atoms with van der Waals surface area (Å²) in [4.78, 5) is 4.30. The van der Waals surface area contributed by atoms with Crippen LogP contribution in [0.5, 0.6) is 0 Å². The molecule has 2 heterocycles. The molecule has 0 fully saturated rings. The minimum Gasteiger partial charge on any atom is -0.335 e. The predicted octanol–water partition coefficient (Wildman–Crippen LogP) is 8.32. The van der Waals surface area contributed by atoms with Crippen LogP contribution in [-0.4, -0.2) is 40.6 Å². The van der Waals surface area contributed by atoms with Crippen LogP contribution in [0.25, 0.3) is 26.9 Å². The second-order valence-corrected chi connectivity index (χ2v) is 14.6. The highest BCUT2D eigenvalue weighted by molar-refractivity contribution is 8.03. The SMILES string of the molecule is CCC(=Cc1sc2ccc3ccccc3c2c1CCCS(=O)(=O)O)C=C1Sc2ccc(Cl)cc2N1CCCOS(=O)O. The van der Waals surface area contributed by atoms with Crippen molar-refractivity contribution in [3.05, 3.63) is 86.7 Å². The first-order valence-corrected chi connectivity index (χ1v) is 18.1. The quantitative estimate of drug-likeness (QED) is 0.0886. The summed E-state index contributed by atoms with van der Waals surface area (Å²) >= 11 is 7.36. The van der Waals surface area contributed by atoms with Gasteiger partial charge in [0.05, 0.1) is 23.1 Å². The van der Waals surface area contributed by atoms with Gasteiger partial charge in [0.15, 0.2) is 0 Å². The summed E-state index contributed by atoms with van der Waals surface area (Å²) in [6.45, 7) is 2.82. The van der Waals surface area contributed by atoms with E-state index in [0.717, 1.165) is 58.9 Å². The van der Waals surface area contributed by atoms with Crippen molar-refractivity contribution in [3.63, 3.8) is 0 Å². The zero-order valence-electron chi connectivity index (χ0n) is 22.8. The van der Waals surface area contributed by atoms with Gasteiger partial charge < -0.3 is 4.90 Å². The van der Waals surface area contributed by atoms with Gasteiger partial charge in [-0.2, -0.15) is 12.6 Å². The highest BCUT2D eigenvalue weighted by Crippen LogP contribution is 2.48. The monoisotopic (exact) mass is 663 g/mol. The van der Waals surface area contributed by atoms with E-state index in [9.17, 15) is 17.2 Å². The Morgan fingerprint density at radius 3 is 2.71 bits per heavy atom. The molecule has 42 heavy (non-hydrogen) atoms. The fraction of sp³-hybridized carbons (Fsp3) is 0.267. The van der Waals surface area contributed by atoms with Gasteiger partial charge >= 0.3 is 11.4 Å². The maximum atomic E-state index is 11.5. The molecule has 1 atom stereocenters. The number of benzene rings is 3. The maximum Gasteiger partial charge on any atom is 0.301 e. The van der Waals surface area contributed by atoms with E-state index in [2.05, 4.69) is 48.2 Å². The number of allylic oxidation sites excluding steroid dienone is 2. The number of hydrogen-bond acceptors (Lipinski definition) is 7. The Morgan fingerprint density at radius 2 is 1.95 bits per heavy atom. The molecule has 1 aliphatic heterocycles. The number of halogens is 1. The van der Waals surface area contributed by atoms with Gasteiger partial charge in [0.1, 0.15) is 0 Å². The predicted molar refractivity (Wildman–Crippen MR) is 176 cm³/mol. The van der Waals surface area contributed by atoms with Gasteiger partial charge in [-0.3, -0.25) is 13.3 Å². The Morgan fingerprint density at radius 1 is 1.14 bits per heavy atom. The number of aryl methyl sites for hydroxylation is 1. The van der Waals surface area contributed by atoms with E-state index in [-0.39, 0.29) is 12.4 Å². The Hall–Kier alpha value is -2.22. The van der Waals surface area contributed by atoms with E-state index in [1.54, 1.807) is 23.1 Å². The number of hydrogen-bond donors (Lipinski definition) is 2. The van der Waals surface area contributed by atoms with E-state index in [1.807, 2.05) is 30.3 Å². The zero-order chi connectivity index (χ0) is 29.9. The van der Waals surface area contributed by atoms with Gasteiger partial charge in [0.2, 0.25) is 0 Å². The molecule has 222 valence electrons. The molecule has 0 saturated carbocycles. The number of thiophene rings is 1. The molecule has 1 aliphatic rings. The molecule has 1 unspecified atom stereocenters. The molecule has 12 heteroatoms. The fourth-order valence-electron chi connectivity index (χ4n) is 5.09. The molecule has 0 aliphatic carbocycles. The van der Waals surface area contributed by atoms with Crippen LogP contribution in [0.2, 0.25) is 5.02 Å². The van der Waals surface area contributed by atoms with Crippen LogP contribution in [0.4, 0.5) is 5.69 Å². The minimum atomic E-state index is -4.06. The number of thioether (sulfide) groups is 1. The van der Waals surface area contributed by atoms with Crippen LogP contribution in [-0.2, 0) is 32.1 Å². The molecular formula is C30H30ClNO6S4. The van der Waals surface area contributed by atoms with E-state index in [1.165, 1.54) is 0 Å². The van der Waals surface area contributed by atoms with Crippen molar-refractivity contribution in [1.29, 1.82) is 0 Å². The first-order chi connectivity index (χ1) is 20.1. The Kier molecular flexibility index (Phi) is 10.1. The first kappa shape index (κ1) is 31.2. The third kappa shape index (κ3) is 7.46. The first-order valence-electron chi connectivity index (χ1n) is 13.4. The lowest BCUT2D eigenvalue weighted by atomic mass is 9.99. The van der Waals surface area contributed by atoms with E-state index in [0.29, 0.717) is 30.8 Å². The lowest BCUT2D eigenvalue weighted by molar-refractivity contribution is 0.303. The molecule has 0 bridgehead atoms. The lowest BCUT2D eigenvalue weighted by Gasteiger charge is -2.21. The van der Waals surface area contributed by atoms with Crippen molar-refractivity contribution in [2.75, 3.05) is 23.8 Å². The summed E-state index contributed by atoms with van der Waals surface area (Å²) in [5.74, 6) is -0.289. The summed E-state index contributed by atoms with van der Waals surface area (Å²) in [6.07, 6.45) is 6.49. The zero-order valence-corrected chi connectivity index (χ0v) is 26.8. The summed E-state index contributed by atoms with van der Waals surface area (Å²) in [7, 11) is -4.06. The Bertz CT molecular complexity index is 1820. The molecule has 0 saturated heterocycles. The fourth-order valence-corrected chi connectivity index (χ4v) is 8.41. The minimum absolute atomic E-state index is 0.145. The van der Waals surface area contributed by atoms with E-state index < -0.39 is 21.5 Å². The van der Waals surface area contributed by atoms with Crippen molar-refractivity contribution in [1.82, 2.24) is 0 Å². The molecule has 1 aromatic heterocycles. The van der Waals surface area contributed by atoms with Crippen molar-refractivity contribution < 1.29 is 25.9 Å². The van der Waals surface area contributed by atoms with Gasteiger partial charge in [0, 0.05) is 31.4 Å². The van der Waals surface area contributed by atoms with Crippen molar-refractivity contribution >= 4 is 88.8 Å². The van der Waals surface area contributed by atoms with Crippen molar-refractivity contribution in [3.8, 4) is 0 Å². The summed E-state index contributed by atoms with van der Waals surface area (Å²) < 4.78 is 58.2. The van der Waals surface area contributed by atoms with Crippen LogP contribution in [0.1, 0.15) is 36.6 Å². The molecule has 0 spiro atoms. The highest BCUT2D eigenvalue weighted by atomic mass is 35.5. The smallest absolute Gasteiger partial charge is 0.301 e. The maximum absolute atomic E-state index is 11.5. The largest absolute Gasteiger partial charge is 0.335 e. The number of fused-ring (bicyclic) bond motifs is 4. The Labute approximate surface area is 261 Å². The molecular weight excluding hydrogens is 634 g/mol. The summed E-state index contributed by atoms with van der Waals surface area (Å²) in [5.41, 5.74) is 3.17. The molecule has 2 N–H and O–H groups in total. The van der Waals surface area contributed by atoms with Crippen LogP contribution < -0.4 is 4.90 Å². The van der Waals surface area contributed by atoms with Crippen LogP contribution in [0.15, 0.2) is 76.2 Å². The molecule has 4 aromatic rings. The van der Waals surface area contributed by atoms with E-state index in [4.69, 9.17) is 20.3 Å². The van der Waals surface area contributed by atoms with Gasteiger partial charge in [-0.1, -0.05) is 60.6 Å². The second kappa shape index (κ2) is 13.6. The van der Waals surface area contributed by atoms with Gasteiger partial charge in [-0.15, -0.1) is 11.3 Å². The standard InChI is InChI=1S/C30H30ClNO6S4/c1-2-20(18-29-32(14-6-15-38-41(33)34)25-19-22(31)11-13-26(25)40-29)17-28-24(9-5-16-42(35,36)37)30-23-8-4-3-7-21(23)10-12-27(30)39-28/h3-4,7-8,10-13,17-19H,2,5-6,9,14-16H2,1H3,(H,33,34)(H,35,36,37). The van der Waals surface area contributed by atoms with Crippen LogP contribution >= 0.6 is 34.7 Å². The van der Waals surface area contributed by atoms with Gasteiger partial charge in [-0.25, -0.2) is 0 Å². The number of nitrogens with zero attached hydrogens (tertiary/aromatic N) is 1. The third-order valence-electron chi connectivity index (χ3n) is 6.98. The van der Waals surface area contributed by atoms with Gasteiger partial charge in [-0.05, 0) is 84.0 Å². The van der Waals surface area contributed by atoms with Crippen molar-refractivity contribution in [2.45, 2.75) is 37.5 Å². The summed E-state index contributed by atoms with van der Waals surface area (Å²) in [5, 5.41) is 5.02. The number of anilines is 1.